The van der Waals surface area contributed by atoms with Crippen LogP contribution in [0.1, 0.15) is 28.0 Å². The summed E-state index contributed by atoms with van der Waals surface area (Å²) in [4.78, 5) is 31.7. The first kappa shape index (κ1) is 19.4. The lowest BCUT2D eigenvalue weighted by atomic mass is 10.1. The molecule has 0 spiro atoms. The molecule has 0 fully saturated rings. The molecule has 138 valence electrons. The Morgan fingerprint density at radius 2 is 1.96 bits per heavy atom. The lowest BCUT2D eigenvalue weighted by Crippen LogP contribution is -2.33. The van der Waals surface area contributed by atoms with Crippen LogP contribution in [0.4, 0.5) is 18.9 Å². The Morgan fingerprint density at radius 1 is 1.19 bits per heavy atom. The third-order valence-corrected chi connectivity index (χ3v) is 3.47. The van der Waals surface area contributed by atoms with E-state index in [-0.39, 0.29) is 17.9 Å². The fourth-order valence-electron chi connectivity index (χ4n) is 2.10. The van der Waals surface area contributed by atoms with Gasteiger partial charge in [-0.05, 0) is 37.1 Å². The van der Waals surface area contributed by atoms with Crippen molar-refractivity contribution in [2.75, 3.05) is 11.9 Å². The number of hydrogen-bond donors (Lipinski definition) is 2. The first-order valence-electron chi connectivity index (χ1n) is 7.75. The van der Waals surface area contributed by atoms with E-state index < -0.39 is 18.6 Å². The number of halogens is 3. The van der Waals surface area contributed by atoms with Gasteiger partial charge in [0.2, 0.25) is 5.91 Å². The van der Waals surface area contributed by atoms with Gasteiger partial charge in [0.25, 0.3) is 5.91 Å². The summed E-state index contributed by atoms with van der Waals surface area (Å²) in [6.45, 7) is 0.303. The number of nitrogens with zero attached hydrogens (tertiary/aromatic N) is 2. The van der Waals surface area contributed by atoms with Gasteiger partial charge in [-0.2, -0.15) is 13.2 Å². The first-order chi connectivity index (χ1) is 12.2. The summed E-state index contributed by atoms with van der Waals surface area (Å²) >= 11 is 0. The van der Waals surface area contributed by atoms with Crippen molar-refractivity contribution in [2.45, 2.75) is 25.9 Å². The molecule has 0 saturated heterocycles. The van der Waals surface area contributed by atoms with E-state index in [0.717, 1.165) is 0 Å². The molecule has 1 aromatic carbocycles. The highest BCUT2D eigenvalue weighted by atomic mass is 19.4. The van der Waals surface area contributed by atoms with Gasteiger partial charge in [-0.15, -0.1) is 0 Å². The second kappa shape index (κ2) is 8.41. The van der Waals surface area contributed by atoms with Gasteiger partial charge < -0.3 is 10.6 Å². The summed E-state index contributed by atoms with van der Waals surface area (Å²) in [7, 11) is 0. The molecule has 2 rings (SSSR count). The van der Waals surface area contributed by atoms with Crippen molar-refractivity contribution in [1.82, 2.24) is 15.3 Å². The zero-order valence-corrected chi connectivity index (χ0v) is 13.9. The Hall–Kier alpha value is -2.97. The molecule has 0 radical (unpaired) electrons. The lowest BCUT2D eigenvalue weighted by molar-refractivity contribution is -0.123. The van der Waals surface area contributed by atoms with Gasteiger partial charge in [0.05, 0.1) is 0 Å². The molecule has 1 heterocycles. The van der Waals surface area contributed by atoms with Gasteiger partial charge in [0.1, 0.15) is 12.9 Å². The minimum absolute atomic E-state index is 0.0333. The zero-order chi connectivity index (χ0) is 19.2. The average Bonchev–Trinajstić information content (AvgIpc) is 2.60. The normalized spacial score (nSPS) is 11.1. The predicted molar refractivity (Wildman–Crippen MR) is 88.5 cm³/mol. The van der Waals surface area contributed by atoms with Crippen LogP contribution in [0.15, 0.2) is 36.8 Å². The minimum atomic E-state index is -4.49. The molecule has 0 aliphatic carbocycles. The third kappa shape index (κ3) is 6.15. The fraction of sp³-hybridized carbons (Fsp3) is 0.294. The number of aromatic nitrogens is 2. The highest BCUT2D eigenvalue weighted by molar-refractivity contribution is 5.97. The highest BCUT2D eigenvalue weighted by Gasteiger charge is 2.28. The van der Waals surface area contributed by atoms with E-state index in [0.29, 0.717) is 23.4 Å². The summed E-state index contributed by atoms with van der Waals surface area (Å²) in [5, 5.41) is 4.46. The quantitative estimate of drug-likeness (QED) is 0.823. The van der Waals surface area contributed by atoms with Crippen molar-refractivity contribution in [2.24, 2.45) is 0 Å². The van der Waals surface area contributed by atoms with Crippen LogP contribution >= 0.6 is 0 Å². The van der Waals surface area contributed by atoms with Crippen molar-refractivity contribution in [3.05, 3.63) is 53.6 Å². The molecule has 0 aliphatic heterocycles. The number of hydrogen-bond acceptors (Lipinski definition) is 4. The van der Waals surface area contributed by atoms with E-state index >= 15 is 0 Å². The molecule has 0 aliphatic rings. The molecule has 0 saturated carbocycles. The Kier molecular flexibility index (Phi) is 6.26. The Balaban J connectivity index is 1.98. The van der Waals surface area contributed by atoms with Gasteiger partial charge in [-0.1, -0.05) is 6.07 Å². The van der Waals surface area contributed by atoms with E-state index in [1.165, 1.54) is 18.5 Å². The SMILES string of the molecule is Cc1ccc(C(=O)NCC(F)(F)F)cc1NC(=O)CCc1ccncn1. The number of anilines is 1. The summed E-state index contributed by atoms with van der Waals surface area (Å²) in [6.07, 6.45) is -0.938. The number of carbonyl (C=O) groups excluding carboxylic acids is 2. The Bertz CT molecular complexity index is 779. The zero-order valence-electron chi connectivity index (χ0n) is 13.9. The maximum Gasteiger partial charge on any atom is 0.405 e. The van der Waals surface area contributed by atoms with Crippen LogP contribution in [0.5, 0.6) is 0 Å². The first-order valence-corrected chi connectivity index (χ1v) is 7.75. The molecule has 6 nitrogen and oxygen atoms in total. The summed E-state index contributed by atoms with van der Waals surface area (Å²) < 4.78 is 36.6. The lowest BCUT2D eigenvalue weighted by Gasteiger charge is -2.12. The van der Waals surface area contributed by atoms with Crippen molar-refractivity contribution in [1.29, 1.82) is 0 Å². The van der Waals surface area contributed by atoms with Crippen molar-refractivity contribution in [3.63, 3.8) is 0 Å². The second-order valence-corrected chi connectivity index (χ2v) is 5.58. The van der Waals surface area contributed by atoms with Crippen LogP contribution < -0.4 is 10.6 Å². The van der Waals surface area contributed by atoms with Crippen LogP contribution in [0, 0.1) is 6.92 Å². The van der Waals surface area contributed by atoms with E-state index in [4.69, 9.17) is 0 Å². The van der Waals surface area contributed by atoms with Crippen molar-refractivity contribution in [3.8, 4) is 0 Å². The van der Waals surface area contributed by atoms with Gasteiger partial charge in [0.15, 0.2) is 0 Å². The molecule has 2 N–H and O–H groups in total. The van der Waals surface area contributed by atoms with Gasteiger partial charge >= 0.3 is 6.18 Å². The van der Waals surface area contributed by atoms with Crippen LogP contribution in [-0.2, 0) is 11.2 Å². The summed E-state index contributed by atoms with van der Waals surface area (Å²) in [5.41, 5.74) is 1.81. The van der Waals surface area contributed by atoms with Gasteiger partial charge in [-0.25, -0.2) is 9.97 Å². The van der Waals surface area contributed by atoms with Gasteiger partial charge in [0, 0.05) is 29.6 Å². The topological polar surface area (TPSA) is 84.0 Å². The largest absolute Gasteiger partial charge is 0.405 e. The maximum absolute atomic E-state index is 12.2. The van der Waals surface area contributed by atoms with E-state index in [1.54, 1.807) is 30.6 Å². The highest BCUT2D eigenvalue weighted by Crippen LogP contribution is 2.18. The second-order valence-electron chi connectivity index (χ2n) is 5.58. The molecule has 2 amide bonds. The predicted octanol–water partition coefficient (Wildman–Crippen LogP) is 2.65. The molecular formula is C17H17F3N4O2. The molecule has 0 atom stereocenters. The molecule has 0 bridgehead atoms. The number of benzene rings is 1. The Morgan fingerprint density at radius 3 is 2.62 bits per heavy atom. The molecule has 26 heavy (non-hydrogen) atoms. The molecule has 0 unspecified atom stereocenters. The van der Waals surface area contributed by atoms with Crippen LogP contribution in [-0.4, -0.2) is 34.5 Å². The monoisotopic (exact) mass is 366 g/mol. The standard InChI is InChI=1S/C17H17F3N4O2/c1-11-2-3-12(16(26)22-9-17(18,19)20)8-14(11)24-15(25)5-4-13-6-7-21-10-23-13/h2-3,6-8,10H,4-5,9H2,1H3,(H,22,26)(H,24,25). The fourth-order valence-corrected chi connectivity index (χ4v) is 2.10. The molecular weight excluding hydrogens is 349 g/mol. The summed E-state index contributed by atoms with van der Waals surface area (Å²) in [5.74, 6) is -1.15. The van der Waals surface area contributed by atoms with E-state index in [1.807, 2.05) is 0 Å². The van der Waals surface area contributed by atoms with E-state index in [9.17, 15) is 22.8 Å². The molecule has 1 aromatic heterocycles. The maximum atomic E-state index is 12.2. The van der Waals surface area contributed by atoms with E-state index in [2.05, 4.69) is 15.3 Å². The number of alkyl halides is 3. The average molecular weight is 366 g/mol. The number of rotatable bonds is 6. The van der Waals surface area contributed by atoms with Gasteiger partial charge in [-0.3, -0.25) is 9.59 Å². The number of carbonyl (C=O) groups is 2. The van der Waals surface area contributed by atoms with Crippen molar-refractivity contribution < 1.29 is 22.8 Å². The van der Waals surface area contributed by atoms with Crippen LogP contribution in [0.3, 0.4) is 0 Å². The molecule has 9 heteroatoms. The minimum Gasteiger partial charge on any atom is -0.343 e. The summed E-state index contributed by atoms with van der Waals surface area (Å²) in [6, 6.07) is 6.01. The molecule has 2 aromatic rings. The van der Waals surface area contributed by atoms with Crippen LogP contribution in [0.2, 0.25) is 0 Å². The number of aryl methyl sites for hydroxylation is 2. The third-order valence-electron chi connectivity index (χ3n) is 3.47. The number of nitrogens with one attached hydrogen (secondary N) is 2. The van der Waals surface area contributed by atoms with Crippen molar-refractivity contribution >= 4 is 17.5 Å². The van der Waals surface area contributed by atoms with Crippen LogP contribution in [0.25, 0.3) is 0 Å². The number of amides is 2. The Labute approximate surface area is 147 Å². The smallest absolute Gasteiger partial charge is 0.343 e.